The highest BCUT2D eigenvalue weighted by Crippen LogP contribution is 2.21. The van der Waals surface area contributed by atoms with E-state index >= 15 is 0 Å². The highest BCUT2D eigenvalue weighted by molar-refractivity contribution is 5.97. The number of anilines is 1. The number of amides is 2. The molecular formula is C16H17N3O3. The molecule has 1 aromatic heterocycles. The van der Waals surface area contributed by atoms with Crippen molar-refractivity contribution in [1.29, 1.82) is 0 Å². The van der Waals surface area contributed by atoms with Crippen LogP contribution in [0.4, 0.5) is 5.69 Å². The molecule has 2 aromatic rings. The molecule has 114 valence electrons. The Kier molecular flexibility index (Phi) is 4.18. The van der Waals surface area contributed by atoms with E-state index in [-0.39, 0.29) is 11.8 Å². The molecular weight excluding hydrogens is 282 g/mol. The molecule has 0 bridgehead atoms. The predicted molar refractivity (Wildman–Crippen MR) is 81.0 cm³/mol. The molecule has 2 N–H and O–H groups in total. The number of benzene rings is 1. The Bertz CT molecular complexity index is 650. The van der Waals surface area contributed by atoms with Gasteiger partial charge in [0, 0.05) is 17.7 Å². The van der Waals surface area contributed by atoms with Crippen LogP contribution in [0.1, 0.15) is 25.7 Å². The molecule has 3 rings (SSSR count). The molecule has 0 radical (unpaired) electrons. The second-order valence-electron chi connectivity index (χ2n) is 5.30. The van der Waals surface area contributed by atoms with E-state index in [1.165, 1.54) is 6.39 Å². The summed E-state index contributed by atoms with van der Waals surface area (Å²) in [5.41, 5.74) is 1.57. The Balaban J connectivity index is 1.65. The lowest BCUT2D eigenvalue weighted by Crippen LogP contribution is -2.42. The molecule has 1 saturated heterocycles. The van der Waals surface area contributed by atoms with Crippen molar-refractivity contribution in [2.24, 2.45) is 0 Å². The summed E-state index contributed by atoms with van der Waals surface area (Å²) < 4.78 is 5.22. The average molecular weight is 299 g/mol. The molecule has 6 heteroatoms. The minimum absolute atomic E-state index is 0.0571. The number of nitrogens with one attached hydrogen (secondary N) is 2. The maximum Gasteiger partial charge on any atom is 0.246 e. The number of nitrogens with zero attached hydrogens (tertiary/aromatic N) is 1. The van der Waals surface area contributed by atoms with Crippen LogP contribution in [0.3, 0.4) is 0 Å². The predicted octanol–water partition coefficient (Wildman–Crippen LogP) is 2.34. The molecule has 2 amide bonds. The standard InChI is InChI=1S/C16H17N3O3/c20-15-4-2-1-3-13(19-15)16(21)18-12-7-5-11(6-8-12)14-9-17-10-22-14/h5-10,13H,1-4H2,(H,18,21)(H,19,20). The zero-order valence-corrected chi connectivity index (χ0v) is 12.0. The zero-order valence-electron chi connectivity index (χ0n) is 12.0. The van der Waals surface area contributed by atoms with Crippen LogP contribution in [-0.4, -0.2) is 22.8 Å². The molecule has 1 aliphatic heterocycles. The minimum atomic E-state index is -0.455. The Morgan fingerprint density at radius 2 is 2.09 bits per heavy atom. The van der Waals surface area contributed by atoms with Crippen LogP contribution < -0.4 is 10.6 Å². The Morgan fingerprint density at radius 1 is 1.27 bits per heavy atom. The number of carbonyl (C=O) groups excluding carboxylic acids is 2. The number of oxazole rings is 1. The number of hydrogen-bond acceptors (Lipinski definition) is 4. The van der Waals surface area contributed by atoms with Gasteiger partial charge in [0.15, 0.2) is 12.2 Å². The van der Waals surface area contributed by atoms with Gasteiger partial charge in [0.1, 0.15) is 6.04 Å². The van der Waals surface area contributed by atoms with Crippen molar-refractivity contribution in [3.8, 4) is 11.3 Å². The fraction of sp³-hybridized carbons (Fsp3) is 0.312. The van der Waals surface area contributed by atoms with Gasteiger partial charge in [-0.15, -0.1) is 0 Å². The molecule has 22 heavy (non-hydrogen) atoms. The lowest BCUT2D eigenvalue weighted by Gasteiger charge is -2.15. The van der Waals surface area contributed by atoms with Crippen LogP contribution in [0.15, 0.2) is 41.3 Å². The van der Waals surface area contributed by atoms with Crippen LogP contribution >= 0.6 is 0 Å². The second-order valence-corrected chi connectivity index (χ2v) is 5.30. The monoisotopic (exact) mass is 299 g/mol. The van der Waals surface area contributed by atoms with E-state index in [0.29, 0.717) is 24.3 Å². The third-order valence-electron chi connectivity index (χ3n) is 3.67. The Labute approximate surface area is 127 Å². The SMILES string of the molecule is O=C1CCCCC(C(=O)Nc2ccc(-c3cnco3)cc2)N1. The minimum Gasteiger partial charge on any atom is -0.444 e. The fourth-order valence-corrected chi connectivity index (χ4v) is 2.47. The van der Waals surface area contributed by atoms with E-state index in [2.05, 4.69) is 15.6 Å². The molecule has 1 unspecified atom stereocenters. The summed E-state index contributed by atoms with van der Waals surface area (Å²) in [4.78, 5) is 27.6. The highest BCUT2D eigenvalue weighted by atomic mass is 16.3. The lowest BCUT2D eigenvalue weighted by atomic mass is 10.1. The summed E-state index contributed by atoms with van der Waals surface area (Å²) in [5.74, 6) is 0.440. The van der Waals surface area contributed by atoms with Crippen molar-refractivity contribution in [3.63, 3.8) is 0 Å². The van der Waals surface area contributed by atoms with Gasteiger partial charge in [0.2, 0.25) is 11.8 Å². The van der Waals surface area contributed by atoms with Crippen molar-refractivity contribution in [2.45, 2.75) is 31.7 Å². The van der Waals surface area contributed by atoms with Crippen LogP contribution in [-0.2, 0) is 9.59 Å². The molecule has 6 nitrogen and oxygen atoms in total. The van der Waals surface area contributed by atoms with Gasteiger partial charge in [-0.3, -0.25) is 9.59 Å². The number of hydrogen-bond donors (Lipinski definition) is 2. The zero-order chi connectivity index (χ0) is 15.4. The normalized spacial score (nSPS) is 18.4. The van der Waals surface area contributed by atoms with Gasteiger partial charge >= 0.3 is 0 Å². The van der Waals surface area contributed by atoms with E-state index in [1.807, 2.05) is 12.1 Å². The van der Waals surface area contributed by atoms with Gasteiger partial charge in [0.25, 0.3) is 0 Å². The first kappa shape index (κ1) is 14.3. The molecule has 1 aliphatic rings. The number of rotatable bonds is 3. The first-order valence-corrected chi connectivity index (χ1v) is 7.31. The summed E-state index contributed by atoms with van der Waals surface area (Å²) in [5, 5.41) is 5.59. The number of carbonyl (C=O) groups is 2. The van der Waals surface area contributed by atoms with Crippen molar-refractivity contribution < 1.29 is 14.0 Å². The lowest BCUT2D eigenvalue weighted by molar-refractivity contribution is -0.125. The molecule has 2 heterocycles. The second kappa shape index (κ2) is 6.43. The summed E-state index contributed by atoms with van der Waals surface area (Å²) >= 11 is 0. The summed E-state index contributed by atoms with van der Waals surface area (Å²) in [6.07, 6.45) is 5.89. The van der Waals surface area contributed by atoms with Gasteiger partial charge in [-0.1, -0.05) is 6.42 Å². The third kappa shape index (κ3) is 3.33. The van der Waals surface area contributed by atoms with Gasteiger partial charge in [-0.2, -0.15) is 0 Å². The van der Waals surface area contributed by atoms with Crippen molar-refractivity contribution >= 4 is 17.5 Å². The van der Waals surface area contributed by atoms with Gasteiger partial charge in [-0.05, 0) is 37.1 Å². The van der Waals surface area contributed by atoms with Crippen molar-refractivity contribution in [1.82, 2.24) is 10.3 Å². The quantitative estimate of drug-likeness (QED) is 0.911. The molecule has 0 aliphatic carbocycles. The smallest absolute Gasteiger partial charge is 0.246 e. The summed E-state index contributed by atoms with van der Waals surface area (Å²) in [6.45, 7) is 0. The molecule has 1 atom stereocenters. The van der Waals surface area contributed by atoms with Gasteiger partial charge in [0.05, 0.1) is 6.20 Å². The molecule has 0 spiro atoms. The fourth-order valence-electron chi connectivity index (χ4n) is 2.47. The molecule has 1 fully saturated rings. The van der Waals surface area contributed by atoms with Crippen LogP contribution in [0, 0.1) is 0 Å². The Hall–Kier alpha value is -2.63. The van der Waals surface area contributed by atoms with E-state index < -0.39 is 6.04 Å². The van der Waals surface area contributed by atoms with E-state index in [1.54, 1.807) is 18.3 Å². The maximum absolute atomic E-state index is 12.2. The highest BCUT2D eigenvalue weighted by Gasteiger charge is 2.23. The Morgan fingerprint density at radius 3 is 2.82 bits per heavy atom. The van der Waals surface area contributed by atoms with E-state index in [4.69, 9.17) is 4.42 Å². The van der Waals surface area contributed by atoms with Crippen LogP contribution in [0.2, 0.25) is 0 Å². The summed E-state index contributed by atoms with van der Waals surface area (Å²) in [6, 6.07) is 6.84. The third-order valence-corrected chi connectivity index (χ3v) is 3.67. The number of aromatic nitrogens is 1. The maximum atomic E-state index is 12.2. The van der Waals surface area contributed by atoms with Gasteiger partial charge in [-0.25, -0.2) is 4.98 Å². The van der Waals surface area contributed by atoms with Crippen LogP contribution in [0.5, 0.6) is 0 Å². The molecule has 1 aromatic carbocycles. The first-order valence-electron chi connectivity index (χ1n) is 7.31. The topological polar surface area (TPSA) is 84.2 Å². The summed E-state index contributed by atoms with van der Waals surface area (Å²) in [7, 11) is 0. The molecule has 0 saturated carbocycles. The largest absolute Gasteiger partial charge is 0.444 e. The van der Waals surface area contributed by atoms with Gasteiger partial charge < -0.3 is 15.1 Å². The van der Waals surface area contributed by atoms with E-state index in [9.17, 15) is 9.59 Å². The first-order chi connectivity index (χ1) is 10.7. The van der Waals surface area contributed by atoms with Crippen molar-refractivity contribution in [2.75, 3.05) is 5.32 Å². The van der Waals surface area contributed by atoms with Crippen LogP contribution in [0.25, 0.3) is 11.3 Å². The van der Waals surface area contributed by atoms with Crippen molar-refractivity contribution in [3.05, 3.63) is 36.9 Å². The van der Waals surface area contributed by atoms with E-state index in [0.717, 1.165) is 18.4 Å². The average Bonchev–Trinajstić information content (AvgIpc) is 2.97.